The highest BCUT2D eigenvalue weighted by molar-refractivity contribution is 8.00. The number of ether oxygens (including phenoxy) is 2. The van der Waals surface area contributed by atoms with Gasteiger partial charge >= 0.3 is 0 Å². The number of benzene rings is 2. The van der Waals surface area contributed by atoms with E-state index >= 15 is 0 Å². The van der Waals surface area contributed by atoms with Crippen molar-refractivity contribution in [2.24, 2.45) is 5.92 Å². The number of nitrogens with one attached hydrogen (secondary N) is 1. The van der Waals surface area contributed by atoms with Gasteiger partial charge in [0.1, 0.15) is 16.9 Å². The van der Waals surface area contributed by atoms with Crippen LogP contribution in [0.5, 0.6) is 11.5 Å². The van der Waals surface area contributed by atoms with Gasteiger partial charge in [-0.05, 0) is 31.0 Å². The van der Waals surface area contributed by atoms with Crippen LogP contribution in [-0.2, 0) is 9.59 Å². The Kier molecular flexibility index (Phi) is 5.67. The normalized spacial score (nSPS) is 19.0. The molecule has 0 radical (unpaired) electrons. The van der Waals surface area contributed by atoms with E-state index < -0.39 is 0 Å². The molecule has 1 atom stereocenters. The summed E-state index contributed by atoms with van der Waals surface area (Å²) in [5, 5.41) is 2.83. The van der Waals surface area contributed by atoms with E-state index in [1.807, 2.05) is 36.4 Å². The number of anilines is 2. The maximum atomic E-state index is 12.8. The van der Waals surface area contributed by atoms with Gasteiger partial charge in [0.15, 0.2) is 0 Å². The molecule has 152 valence electrons. The topological polar surface area (TPSA) is 67.9 Å². The van der Waals surface area contributed by atoms with Crippen LogP contribution in [0.15, 0.2) is 42.5 Å². The molecule has 2 fully saturated rings. The maximum Gasteiger partial charge on any atom is 0.238 e. The summed E-state index contributed by atoms with van der Waals surface area (Å²) in [4.78, 5) is 27.1. The first kappa shape index (κ1) is 19.6. The van der Waals surface area contributed by atoms with Crippen LogP contribution in [0.2, 0.25) is 0 Å². The van der Waals surface area contributed by atoms with E-state index in [0.29, 0.717) is 22.9 Å². The molecule has 2 amide bonds. The zero-order chi connectivity index (χ0) is 20.4. The minimum atomic E-state index is -0.248. The van der Waals surface area contributed by atoms with Crippen molar-refractivity contribution in [3.05, 3.63) is 48.0 Å². The maximum absolute atomic E-state index is 12.8. The molecule has 1 aliphatic carbocycles. The molecule has 0 bridgehead atoms. The highest BCUT2D eigenvalue weighted by atomic mass is 32.2. The number of para-hydroxylation sites is 1. The number of hydrogen-bond acceptors (Lipinski definition) is 5. The first-order valence-electron chi connectivity index (χ1n) is 9.68. The third-order valence-electron chi connectivity index (χ3n) is 5.47. The van der Waals surface area contributed by atoms with Crippen LogP contribution in [0.3, 0.4) is 0 Å². The van der Waals surface area contributed by atoms with Crippen LogP contribution in [-0.4, -0.2) is 31.8 Å². The van der Waals surface area contributed by atoms with Crippen molar-refractivity contribution in [2.45, 2.75) is 24.6 Å². The summed E-state index contributed by atoms with van der Waals surface area (Å²) in [6.07, 6.45) is 3.00. The van der Waals surface area contributed by atoms with Gasteiger partial charge in [0.25, 0.3) is 0 Å². The summed E-state index contributed by atoms with van der Waals surface area (Å²) >= 11 is 1.54. The Morgan fingerprint density at radius 2 is 1.93 bits per heavy atom. The predicted molar refractivity (Wildman–Crippen MR) is 115 cm³/mol. The van der Waals surface area contributed by atoms with Gasteiger partial charge in [-0.2, -0.15) is 0 Å². The molecule has 29 heavy (non-hydrogen) atoms. The van der Waals surface area contributed by atoms with Crippen LogP contribution in [0.25, 0.3) is 0 Å². The summed E-state index contributed by atoms with van der Waals surface area (Å²) in [6.45, 7) is 0. The molecule has 1 saturated heterocycles. The van der Waals surface area contributed by atoms with Gasteiger partial charge in [-0.3, -0.25) is 14.5 Å². The van der Waals surface area contributed by atoms with Gasteiger partial charge in [0.2, 0.25) is 11.8 Å². The average Bonchev–Trinajstić information content (AvgIpc) is 3.07. The molecule has 0 unspecified atom stereocenters. The number of thioether (sulfide) groups is 1. The molecule has 1 N–H and O–H groups in total. The van der Waals surface area contributed by atoms with Crippen LogP contribution in [0.4, 0.5) is 11.4 Å². The summed E-state index contributed by atoms with van der Waals surface area (Å²) in [6, 6.07) is 13.1. The minimum Gasteiger partial charge on any atom is -0.497 e. The smallest absolute Gasteiger partial charge is 0.238 e. The quantitative estimate of drug-likeness (QED) is 0.769. The molecule has 6 nitrogen and oxygen atoms in total. The number of methoxy groups -OCH3 is 2. The largest absolute Gasteiger partial charge is 0.497 e. The van der Waals surface area contributed by atoms with E-state index in [0.717, 1.165) is 30.5 Å². The van der Waals surface area contributed by atoms with Gasteiger partial charge in [0.05, 0.1) is 25.7 Å². The first-order chi connectivity index (χ1) is 14.1. The van der Waals surface area contributed by atoms with E-state index in [-0.39, 0.29) is 23.1 Å². The summed E-state index contributed by atoms with van der Waals surface area (Å²) < 4.78 is 10.8. The Bertz CT molecular complexity index is 929. The second-order valence-corrected chi connectivity index (χ2v) is 8.24. The van der Waals surface area contributed by atoms with Crippen molar-refractivity contribution in [1.82, 2.24) is 0 Å². The Morgan fingerprint density at radius 3 is 2.62 bits per heavy atom. The van der Waals surface area contributed by atoms with Crippen LogP contribution in [0.1, 0.15) is 30.2 Å². The van der Waals surface area contributed by atoms with E-state index in [1.165, 1.54) is 0 Å². The van der Waals surface area contributed by atoms with E-state index in [4.69, 9.17) is 9.47 Å². The number of carbonyl (C=O) groups is 2. The van der Waals surface area contributed by atoms with E-state index in [1.54, 1.807) is 36.9 Å². The molecule has 2 aromatic carbocycles. The van der Waals surface area contributed by atoms with Crippen molar-refractivity contribution in [3.63, 3.8) is 0 Å². The highest BCUT2D eigenvalue weighted by Crippen LogP contribution is 2.47. The molecular weight excluding hydrogens is 388 g/mol. The molecule has 0 spiro atoms. The minimum absolute atomic E-state index is 0.00332. The number of hydrogen-bond donors (Lipinski definition) is 1. The predicted octanol–water partition coefficient (Wildman–Crippen LogP) is 4.22. The zero-order valence-electron chi connectivity index (χ0n) is 16.5. The molecule has 2 aliphatic rings. The van der Waals surface area contributed by atoms with Crippen molar-refractivity contribution >= 4 is 35.0 Å². The molecule has 1 aliphatic heterocycles. The first-order valence-corrected chi connectivity index (χ1v) is 10.7. The number of rotatable bonds is 6. The Hall–Kier alpha value is -2.67. The lowest BCUT2D eigenvalue weighted by molar-refractivity contribution is -0.122. The molecule has 0 aromatic heterocycles. The molecule has 7 heteroatoms. The third-order valence-corrected chi connectivity index (χ3v) is 6.67. The second kappa shape index (κ2) is 8.37. The Balaban J connectivity index is 1.68. The van der Waals surface area contributed by atoms with Gasteiger partial charge in [-0.25, -0.2) is 0 Å². The lowest BCUT2D eigenvalue weighted by atomic mass is 9.85. The number of carbonyl (C=O) groups excluding carboxylic acids is 2. The molecule has 2 aromatic rings. The number of nitrogens with zero attached hydrogens (tertiary/aromatic N) is 1. The highest BCUT2D eigenvalue weighted by Gasteiger charge is 2.37. The molecule has 4 rings (SSSR count). The van der Waals surface area contributed by atoms with Gasteiger partial charge in [-0.1, -0.05) is 24.6 Å². The fourth-order valence-electron chi connectivity index (χ4n) is 3.63. The average molecular weight is 413 g/mol. The standard InChI is InChI=1S/C22H24N2O4S/c1-27-15-10-11-18(19(12-15)28-2)24-20(25)13-29-22(24)16-8-3-4-9-17(16)23-21(26)14-6-5-7-14/h3-4,8-12,14,22H,5-7,13H2,1-2H3,(H,23,26)/t22-/m1/s1. The Labute approximate surface area is 174 Å². The Morgan fingerprint density at radius 1 is 1.14 bits per heavy atom. The molecule has 1 heterocycles. The fourth-order valence-corrected chi connectivity index (χ4v) is 4.83. The van der Waals surface area contributed by atoms with Gasteiger partial charge < -0.3 is 14.8 Å². The van der Waals surface area contributed by atoms with Crippen molar-refractivity contribution in [2.75, 3.05) is 30.2 Å². The lowest BCUT2D eigenvalue weighted by Gasteiger charge is -2.29. The van der Waals surface area contributed by atoms with Crippen molar-refractivity contribution in [1.29, 1.82) is 0 Å². The van der Waals surface area contributed by atoms with Crippen LogP contribution in [0, 0.1) is 5.92 Å². The lowest BCUT2D eigenvalue weighted by Crippen LogP contribution is -2.31. The van der Waals surface area contributed by atoms with Gasteiger partial charge in [-0.15, -0.1) is 11.8 Å². The number of amides is 2. The zero-order valence-corrected chi connectivity index (χ0v) is 17.3. The van der Waals surface area contributed by atoms with Crippen molar-refractivity contribution < 1.29 is 19.1 Å². The third kappa shape index (κ3) is 3.79. The molecule has 1 saturated carbocycles. The van der Waals surface area contributed by atoms with Crippen LogP contribution >= 0.6 is 11.8 Å². The van der Waals surface area contributed by atoms with Gasteiger partial charge in [0, 0.05) is 23.2 Å². The van der Waals surface area contributed by atoms with E-state index in [9.17, 15) is 9.59 Å². The SMILES string of the molecule is COc1ccc(N2C(=O)CS[C@@H]2c2ccccc2NC(=O)C2CCC2)c(OC)c1. The fraction of sp³-hybridized carbons (Fsp3) is 0.364. The second-order valence-electron chi connectivity index (χ2n) is 7.17. The summed E-state index contributed by atoms with van der Waals surface area (Å²) in [7, 11) is 3.17. The van der Waals surface area contributed by atoms with Crippen molar-refractivity contribution in [3.8, 4) is 11.5 Å². The molecular formula is C22H24N2O4S. The van der Waals surface area contributed by atoms with E-state index in [2.05, 4.69) is 5.32 Å². The monoisotopic (exact) mass is 412 g/mol. The van der Waals surface area contributed by atoms with Crippen LogP contribution < -0.4 is 19.7 Å². The summed E-state index contributed by atoms with van der Waals surface area (Å²) in [5.41, 5.74) is 2.36. The summed E-state index contributed by atoms with van der Waals surface area (Å²) in [5.74, 6) is 1.76.